The van der Waals surface area contributed by atoms with E-state index in [9.17, 15) is 14.4 Å². The summed E-state index contributed by atoms with van der Waals surface area (Å²) in [5.74, 6) is -1.31. The highest BCUT2D eigenvalue weighted by Gasteiger charge is 2.30. The summed E-state index contributed by atoms with van der Waals surface area (Å²) in [6.45, 7) is 8.15. The molecule has 2 aromatic carbocycles. The standard InChI is InChI=1S/C28H36N2O5/c1-17(2)13-19(14-25(31)32)15-29-27(33)26(18(3)4)30-28(34)35-16-24-22-11-7-5-9-20(22)21-10-6-8-12-23(21)24/h5-12,17-19,24,26H,13-16H2,1-4H3,(H,29,33)(H,30,34)(H,31,32)/t19?,26-/m0/s1. The lowest BCUT2D eigenvalue weighted by Crippen LogP contribution is -2.50. The van der Waals surface area contributed by atoms with Crippen molar-refractivity contribution in [1.82, 2.24) is 10.6 Å². The first kappa shape index (κ1) is 26.3. The Balaban J connectivity index is 1.59. The number of carbonyl (C=O) groups excluding carboxylic acids is 2. The summed E-state index contributed by atoms with van der Waals surface area (Å²) in [7, 11) is 0. The van der Waals surface area contributed by atoms with Crippen molar-refractivity contribution in [2.75, 3.05) is 13.2 Å². The first-order valence-electron chi connectivity index (χ1n) is 12.3. The minimum Gasteiger partial charge on any atom is -0.481 e. The molecule has 0 spiro atoms. The van der Waals surface area contributed by atoms with Crippen molar-refractivity contribution >= 4 is 18.0 Å². The van der Waals surface area contributed by atoms with Gasteiger partial charge in [-0.1, -0.05) is 76.2 Å². The van der Waals surface area contributed by atoms with E-state index in [2.05, 4.69) is 34.9 Å². The molecule has 0 fully saturated rings. The summed E-state index contributed by atoms with van der Waals surface area (Å²) in [6, 6.07) is 15.4. The van der Waals surface area contributed by atoms with Crippen LogP contribution in [0.5, 0.6) is 0 Å². The van der Waals surface area contributed by atoms with Gasteiger partial charge >= 0.3 is 12.1 Å². The van der Waals surface area contributed by atoms with Crippen molar-refractivity contribution in [2.45, 2.75) is 52.5 Å². The number of rotatable bonds is 11. The Morgan fingerprint density at radius 1 is 0.943 bits per heavy atom. The smallest absolute Gasteiger partial charge is 0.407 e. The highest BCUT2D eigenvalue weighted by molar-refractivity contribution is 5.86. The molecule has 3 rings (SSSR count). The van der Waals surface area contributed by atoms with Crippen LogP contribution in [-0.4, -0.2) is 42.3 Å². The van der Waals surface area contributed by atoms with Crippen LogP contribution >= 0.6 is 0 Å². The van der Waals surface area contributed by atoms with Crippen LogP contribution < -0.4 is 10.6 Å². The summed E-state index contributed by atoms with van der Waals surface area (Å²) in [6.07, 6.45) is 0.0357. The zero-order chi connectivity index (χ0) is 25.5. The van der Waals surface area contributed by atoms with E-state index in [1.165, 1.54) is 0 Å². The Hall–Kier alpha value is -3.35. The number of hydrogen-bond acceptors (Lipinski definition) is 4. The Labute approximate surface area is 207 Å². The van der Waals surface area contributed by atoms with Gasteiger partial charge in [0.2, 0.25) is 5.91 Å². The van der Waals surface area contributed by atoms with Crippen LogP contribution in [0.3, 0.4) is 0 Å². The number of ether oxygens (including phenoxy) is 1. The van der Waals surface area contributed by atoms with E-state index in [1.54, 1.807) is 0 Å². The molecule has 0 aliphatic heterocycles. The number of alkyl carbamates (subject to hydrolysis) is 1. The Morgan fingerprint density at radius 3 is 2.03 bits per heavy atom. The fourth-order valence-electron chi connectivity index (χ4n) is 4.81. The molecule has 0 heterocycles. The molecule has 2 aromatic rings. The molecule has 188 valence electrons. The topological polar surface area (TPSA) is 105 Å². The second kappa shape index (κ2) is 11.9. The largest absolute Gasteiger partial charge is 0.481 e. The number of benzene rings is 2. The van der Waals surface area contributed by atoms with E-state index < -0.39 is 18.1 Å². The maximum absolute atomic E-state index is 12.9. The maximum atomic E-state index is 12.9. The van der Waals surface area contributed by atoms with Gasteiger partial charge in [-0.3, -0.25) is 9.59 Å². The lowest BCUT2D eigenvalue weighted by atomic mass is 9.94. The fourth-order valence-corrected chi connectivity index (χ4v) is 4.81. The van der Waals surface area contributed by atoms with Crippen LogP contribution in [0.2, 0.25) is 0 Å². The molecule has 1 aliphatic carbocycles. The van der Waals surface area contributed by atoms with Crippen LogP contribution in [0.25, 0.3) is 11.1 Å². The van der Waals surface area contributed by atoms with Gasteiger partial charge in [0.25, 0.3) is 0 Å². The molecular formula is C28H36N2O5. The van der Waals surface area contributed by atoms with Gasteiger partial charge < -0.3 is 20.5 Å². The number of hydrogen-bond donors (Lipinski definition) is 3. The van der Waals surface area contributed by atoms with Gasteiger partial charge in [0.05, 0.1) is 0 Å². The highest BCUT2D eigenvalue weighted by Crippen LogP contribution is 2.44. The van der Waals surface area contributed by atoms with Crippen molar-refractivity contribution in [1.29, 1.82) is 0 Å². The zero-order valence-corrected chi connectivity index (χ0v) is 20.9. The molecular weight excluding hydrogens is 444 g/mol. The van der Waals surface area contributed by atoms with Gasteiger partial charge in [-0.05, 0) is 46.4 Å². The molecule has 0 bridgehead atoms. The Kier molecular flexibility index (Phi) is 8.90. The number of carboxylic acid groups (broad SMARTS) is 1. The van der Waals surface area contributed by atoms with Gasteiger partial charge in [-0.25, -0.2) is 4.79 Å². The molecule has 7 nitrogen and oxygen atoms in total. The van der Waals surface area contributed by atoms with E-state index >= 15 is 0 Å². The van der Waals surface area contributed by atoms with Crippen molar-refractivity contribution in [3.63, 3.8) is 0 Å². The summed E-state index contributed by atoms with van der Waals surface area (Å²) in [5, 5.41) is 14.7. The van der Waals surface area contributed by atoms with Crippen LogP contribution in [0, 0.1) is 17.8 Å². The normalized spacial score (nSPS) is 14.2. The second-order valence-corrected chi connectivity index (χ2v) is 10.0. The average molecular weight is 481 g/mol. The number of carbonyl (C=O) groups is 3. The highest BCUT2D eigenvalue weighted by atomic mass is 16.5. The predicted molar refractivity (Wildman–Crippen MR) is 135 cm³/mol. The van der Waals surface area contributed by atoms with E-state index in [4.69, 9.17) is 9.84 Å². The van der Waals surface area contributed by atoms with Crippen molar-refractivity contribution in [3.05, 3.63) is 59.7 Å². The zero-order valence-electron chi connectivity index (χ0n) is 20.9. The molecule has 35 heavy (non-hydrogen) atoms. The summed E-state index contributed by atoms with van der Waals surface area (Å²) >= 11 is 0. The quantitative estimate of drug-likeness (QED) is 0.428. The number of carboxylic acids is 1. The molecule has 1 unspecified atom stereocenters. The maximum Gasteiger partial charge on any atom is 0.407 e. The minimum atomic E-state index is -0.887. The summed E-state index contributed by atoms with van der Waals surface area (Å²) < 4.78 is 5.59. The number of aliphatic carboxylic acids is 1. The third-order valence-corrected chi connectivity index (χ3v) is 6.40. The number of amides is 2. The molecule has 0 saturated heterocycles. The average Bonchev–Trinajstić information content (AvgIpc) is 3.12. The number of fused-ring (bicyclic) bond motifs is 3. The lowest BCUT2D eigenvalue weighted by Gasteiger charge is -2.24. The Morgan fingerprint density at radius 2 is 1.51 bits per heavy atom. The van der Waals surface area contributed by atoms with Crippen molar-refractivity contribution in [2.24, 2.45) is 17.8 Å². The Bertz CT molecular complexity index is 1000. The van der Waals surface area contributed by atoms with Crippen LogP contribution in [0.4, 0.5) is 4.79 Å². The van der Waals surface area contributed by atoms with E-state index in [0.29, 0.717) is 12.3 Å². The molecule has 1 aliphatic rings. The van der Waals surface area contributed by atoms with E-state index in [1.807, 2.05) is 52.0 Å². The summed E-state index contributed by atoms with van der Waals surface area (Å²) in [4.78, 5) is 36.7. The van der Waals surface area contributed by atoms with E-state index in [-0.39, 0.29) is 43.2 Å². The SMILES string of the molecule is CC(C)CC(CNC(=O)[C@@H](NC(=O)OCC1c2ccccc2-c2ccccc21)C(C)C)CC(=O)O. The predicted octanol–water partition coefficient (Wildman–Crippen LogP) is 4.80. The molecule has 0 radical (unpaired) electrons. The van der Waals surface area contributed by atoms with Crippen molar-refractivity contribution in [3.8, 4) is 11.1 Å². The molecule has 2 amide bonds. The summed E-state index contributed by atoms with van der Waals surface area (Å²) in [5.41, 5.74) is 4.53. The second-order valence-electron chi connectivity index (χ2n) is 10.0. The van der Waals surface area contributed by atoms with Gasteiger partial charge in [0.15, 0.2) is 0 Å². The van der Waals surface area contributed by atoms with Gasteiger partial charge in [-0.15, -0.1) is 0 Å². The van der Waals surface area contributed by atoms with Gasteiger partial charge in [-0.2, -0.15) is 0 Å². The molecule has 0 saturated carbocycles. The van der Waals surface area contributed by atoms with Gasteiger partial charge in [0, 0.05) is 18.9 Å². The molecule has 0 aromatic heterocycles. The van der Waals surface area contributed by atoms with Crippen molar-refractivity contribution < 1.29 is 24.2 Å². The van der Waals surface area contributed by atoms with Gasteiger partial charge in [0.1, 0.15) is 12.6 Å². The molecule has 2 atom stereocenters. The lowest BCUT2D eigenvalue weighted by molar-refractivity contribution is -0.138. The number of nitrogens with one attached hydrogen (secondary N) is 2. The van der Waals surface area contributed by atoms with Crippen LogP contribution in [-0.2, 0) is 14.3 Å². The third kappa shape index (κ3) is 6.84. The van der Waals surface area contributed by atoms with Crippen LogP contribution in [0.1, 0.15) is 57.6 Å². The first-order valence-corrected chi connectivity index (χ1v) is 12.3. The first-order chi connectivity index (χ1) is 16.7. The fraction of sp³-hybridized carbons (Fsp3) is 0.464. The molecule has 7 heteroatoms. The monoisotopic (exact) mass is 480 g/mol. The van der Waals surface area contributed by atoms with Crippen LogP contribution in [0.15, 0.2) is 48.5 Å². The third-order valence-electron chi connectivity index (χ3n) is 6.40. The minimum absolute atomic E-state index is 0.00931. The van der Waals surface area contributed by atoms with E-state index in [0.717, 1.165) is 22.3 Å². The molecule has 3 N–H and O–H groups in total.